The largest absolute Gasteiger partial charge is 0.477 e. The van der Waals surface area contributed by atoms with E-state index in [9.17, 15) is 78.8 Å². The number of aromatic nitrogens is 2. The number of rotatable bonds is 24. The molecule has 0 aromatic carbocycles. The first-order valence-corrected chi connectivity index (χ1v) is 20.4. The molecule has 3 aliphatic rings. The number of hydrogen-bond donors (Lipinski definition) is 11. The third-order valence-electron chi connectivity index (χ3n) is 9.76. The smallest absolute Gasteiger partial charge is 0.475 e. The van der Waals surface area contributed by atoms with Crippen LogP contribution < -0.4 is 22.1 Å². The molecule has 7 unspecified atom stereocenters. The number of anilines is 1. The molecule has 62 heavy (non-hydrogen) atoms. The number of nitrogens with zero attached hydrogens (tertiary/aromatic N) is 3. The predicted octanol–water partition coefficient (Wildman–Crippen LogP) is -5.86. The van der Waals surface area contributed by atoms with Crippen LogP contribution in [0.4, 0.5) is 5.82 Å². The van der Waals surface area contributed by atoms with E-state index in [1.165, 1.54) is 6.07 Å². The van der Waals surface area contributed by atoms with Crippen LogP contribution in [0, 0.1) is 5.92 Å². The first-order chi connectivity index (χ1) is 29.2. The molecule has 2 fully saturated rings. The predicted molar refractivity (Wildman–Crippen MR) is 200 cm³/mol. The maximum atomic E-state index is 13.1. The number of hydrogen-bond acceptors (Lipinski definition) is 21. The van der Waals surface area contributed by atoms with E-state index in [0.29, 0.717) is 6.42 Å². The Labute approximate surface area is 350 Å². The van der Waals surface area contributed by atoms with Crippen molar-refractivity contribution in [3.63, 3.8) is 0 Å². The Kier molecular flexibility index (Phi) is 17.9. The minimum absolute atomic E-state index is 0.0699. The van der Waals surface area contributed by atoms with Crippen molar-refractivity contribution in [1.82, 2.24) is 25.1 Å². The number of carbonyl (C=O) groups excluding carboxylic acids is 5. The summed E-state index contributed by atoms with van der Waals surface area (Å²) in [6.45, 7) is -2.66. The van der Waals surface area contributed by atoms with Crippen LogP contribution in [0.2, 0.25) is 0 Å². The molecule has 27 nitrogen and oxygen atoms in total. The van der Waals surface area contributed by atoms with Crippen molar-refractivity contribution in [3.05, 3.63) is 34.9 Å². The van der Waals surface area contributed by atoms with Gasteiger partial charge in [-0.05, 0) is 12.5 Å². The summed E-state index contributed by atoms with van der Waals surface area (Å²) in [4.78, 5) is 100. The number of phosphoric ester groups is 1. The fourth-order valence-corrected chi connectivity index (χ4v) is 7.43. The minimum atomic E-state index is -5.65. The van der Waals surface area contributed by atoms with Crippen LogP contribution in [-0.2, 0) is 56.6 Å². The maximum absolute atomic E-state index is 13.1. The number of nitrogens with two attached hydrogens (primary N) is 1. The van der Waals surface area contributed by atoms with Crippen LogP contribution in [0.25, 0.3) is 0 Å². The standard InChI is InChI=1S/C34H49N6O21P/c35-22-4-8-40(33(54)38-22)31-29(51)28(50)21(59-31)16-58-62(55,56)61-34(32(52)53)13-19(43)18(30(60-34)27(49)20(44)15-41)12-17(42)14-37-24(46)6-11-57-10-1-7-36-23(45)5-9-39-25(47)2-3-26(39)48/h2-4,8,18-21,27-31,41,43-44,49-51H,1,5-7,9-16H2,(H,36,45)(H,37,46)(H,52,53)(H,55,56)(H2,35,38,54)/t18?,19?,20-,21-,27?,28+,29?,30?,31-,34?/m1/s1. The van der Waals surface area contributed by atoms with Gasteiger partial charge < -0.3 is 71.2 Å². The number of amides is 4. The zero-order chi connectivity index (χ0) is 45.9. The molecule has 1 aromatic heterocycles. The summed E-state index contributed by atoms with van der Waals surface area (Å²) < 4.78 is 39.8. The molecule has 0 spiro atoms. The third-order valence-corrected chi connectivity index (χ3v) is 10.8. The molecule has 4 heterocycles. The van der Waals surface area contributed by atoms with Gasteiger partial charge in [-0.2, -0.15) is 4.98 Å². The SMILES string of the molecule is Nc1ccn([C@@H]2O[C@H](COP(=O)(O)OC3(C(=O)O)CC(O)C(CC(=O)CNC(=O)CCOCCCNC(=O)CCN4C(=O)C=CC4=O)C(C(O)[C@H](O)CO)O3)[C@H](O)C2O)c(=O)n1. The summed E-state index contributed by atoms with van der Waals surface area (Å²) in [5.74, 6) is -10.0. The molecular formula is C34H49N6O21P. The van der Waals surface area contributed by atoms with Crippen LogP contribution >= 0.6 is 7.82 Å². The van der Waals surface area contributed by atoms with Crippen molar-refractivity contribution in [1.29, 1.82) is 0 Å². The number of Topliss-reactive ketones (excluding diaryl/α,β-unsaturated/α-hetero) is 1. The highest BCUT2D eigenvalue weighted by Crippen LogP contribution is 2.52. The van der Waals surface area contributed by atoms with Gasteiger partial charge in [0.25, 0.3) is 17.6 Å². The topological polar surface area (TPSA) is 416 Å². The van der Waals surface area contributed by atoms with Crippen LogP contribution in [0.3, 0.4) is 0 Å². The summed E-state index contributed by atoms with van der Waals surface area (Å²) in [5, 5.41) is 77.5. The van der Waals surface area contributed by atoms with Crippen molar-refractivity contribution < 1.29 is 97.2 Å². The minimum Gasteiger partial charge on any atom is -0.477 e. The highest BCUT2D eigenvalue weighted by molar-refractivity contribution is 7.47. The average Bonchev–Trinajstić information content (AvgIpc) is 3.69. The number of carboxylic acids is 1. The molecule has 4 amide bonds. The lowest BCUT2D eigenvalue weighted by molar-refractivity contribution is -0.298. The Balaban J connectivity index is 1.26. The molecule has 1 aromatic rings. The van der Waals surface area contributed by atoms with E-state index in [2.05, 4.69) is 15.6 Å². The highest BCUT2D eigenvalue weighted by Gasteiger charge is 2.59. The van der Waals surface area contributed by atoms with E-state index in [1.807, 2.05) is 0 Å². The van der Waals surface area contributed by atoms with Crippen molar-refractivity contribution in [2.45, 2.75) is 86.8 Å². The number of nitrogen functional groups attached to an aromatic ring is 1. The number of phosphoric acid groups is 1. The van der Waals surface area contributed by atoms with Gasteiger partial charge in [0.1, 0.15) is 36.3 Å². The lowest BCUT2D eigenvalue weighted by atomic mass is 9.80. The molecule has 11 atom stereocenters. The number of nitrogens with one attached hydrogen (secondary N) is 2. The van der Waals surface area contributed by atoms with E-state index >= 15 is 0 Å². The summed E-state index contributed by atoms with van der Waals surface area (Å²) in [7, 11) is -5.65. The van der Waals surface area contributed by atoms with Gasteiger partial charge >= 0.3 is 19.5 Å². The fourth-order valence-electron chi connectivity index (χ4n) is 6.48. The number of carboxylic acid groups (broad SMARTS) is 1. The lowest BCUT2D eigenvalue weighted by Crippen LogP contribution is -2.62. The van der Waals surface area contributed by atoms with Gasteiger partial charge in [0, 0.05) is 69.6 Å². The summed E-state index contributed by atoms with van der Waals surface area (Å²) in [5.41, 5.74) is 4.47. The molecular weight excluding hydrogens is 859 g/mol. The monoisotopic (exact) mass is 908 g/mol. The van der Waals surface area contributed by atoms with Crippen molar-refractivity contribution >= 4 is 49.0 Å². The number of imide groups is 1. The zero-order valence-corrected chi connectivity index (χ0v) is 33.6. The molecule has 0 bridgehead atoms. The number of carbonyl (C=O) groups is 6. The molecule has 12 N–H and O–H groups in total. The molecule has 0 radical (unpaired) electrons. The molecule has 3 aliphatic heterocycles. The molecule has 4 rings (SSSR count). The van der Waals surface area contributed by atoms with Crippen molar-refractivity contribution in [2.24, 2.45) is 5.92 Å². The second-order valence-corrected chi connectivity index (χ2v) is 15.6. The Hall–Kier alpha value is -4.61. The van der Waals surface area contributed by atoms with Gasteiger partial charge in [-0.1, -0.05) is 0 Å². The number of aliphatic hydroxyl groups excluding tert-OH is 6. The van der Waals surface area contributed by atoms with Gasteiger partial charge in [-0.25, -0.2) is 18.7 Å². The van der Waals surface area contributed by atoms with Gasteiger partial charge in [0.05, 0.1) is 38.6 Å². The molecule has 28 heteroatoms. The van der Waals surface area contributed by atoms with Crippen molar-refractivity contribution in [2.75, 3.05) is 51.8 Å². The third kappa shape index (κ3) is 13.2. The van der Waals surface area contributed by atoms with Gasteiger partial charge in [0.15, 0.2) is 12.0 Å². The Bertz CT molecular complexity index is 1920. The molecule has 0 aliphatic carbocycles. The second kappa shape index (κ2) is 22.1. The van der Waals surface area contributed by atoms with Gasteiger partial charge in [-0.3, -0.25) is 38.0 Å². The summed E-state index contributed by atoms with van der Waals surface area (Å²) >= 11 is 0. The van der Waals surface area contributed by atoms with E-state index < -0.39 is 142 Å². The van der Waals surface area contributed by atoms with E-state index in [0.717, 1.165) is 27.8 Å². The Morgan fingerprint density at radius 3 is 2.35 bits per heavy atom. The van der Waals surface area contributed by atoms with Crippen LogP contribution in [0.1, 0.15) is 38.3 Å². The van der Waals surface area contributed by atoms with Gasteiger partial charge in [-0.15, -0.1) is 0 Å². The molecule has 346 valence electrons. The number of aliphatic hydroxyl groups is 6. The van der Waals surface area contributed by atoms with E-state index in [4.69, 9.17) is 29.0 Å². The number of ether oxygens (including phenoxy) is 3. The van der Waals surface area contributed by atoms with Crippen molar-refractivity contribution in [3.8, 4) is 0 Å². The first-order valence-electron chi connectivity index (χ1n) is 19.0. The van der Waals surface area contributed by atoms with E-state index in [1.54, 1.807) is 0 Å². The first kappa shape index (κ1) is 50.0. The van der Waals surface area contributed by atoms with Gasteiger partial charge in [0.2, 0.25) is 11.8 Å². The normalized spacial score (nSPS) is 28.0. The summed E-state index contributed by atoms with van der Waals surface area (Å²) in [6, 6.07) is 1.18. The molecule has 0 saturated carbocycles. The van der Waals surface area contributed by atoms with Crippen LogP contribution in [0.5, 0.6) is 0 Å². The van der Waals surface area contributed by atoms with Crippen LogP contribution in [-0.4, -0.2) is 185 Å². The Morgan fingerprint density at radius 1 is 1.03 bits per heavy atom. The number of ketones is 1. The highest BCUT2D eigenvalue weighted by atomic mass is 31.2. The second-order valence-electron chi connectivity index (χ2n) is 14.3. The fraction of sp³-hybridized carbons (Fsp3) is 0.647. The number of aliphatic carboxylic acids is 1. The quantitative estimate of drug-likeness (QED) is 0.0261. The molecule has 2 saturated heterocycles. The summed E-state index contributed by atoms with van der Waals surface area (Å²) in [6.07, 6.45) is -13.8. The Morgan fingerprint density at radius 2 is 1.71 bits per heavy atom. The average molecular weight is 909 g/mol. The maximum Gasteiger partial charge on any atom is 0.475 e. The van der Waals surface area contributed by atoms with Crippen LogP contribution in [0.15, 0.2) is 29.2 Å². The van der Waals surface area contributed by atoms with E-state index in [-0.39, 0.29) is 45.0 Å². The zero-order valence-electron chi connectivity index (χ0n) is 32.7. The lowest BCUT2D eigenvalue weighted by Gasteiger charge is -2.46.